The van der Waals surface area contributed by atoms with Crippen molar-refractivity contribution >= 4 is 5.91 Å². The molecule has 1 aromatic heterocycles. The van der Waals surface area contributed by atoms with Crippen LogP contribution in [0.5, 0.6) is 5.88 Å². The second kappa shape index (κ2) is 5.84. The number of hydrogen-bond acceptors (Lipinski definition) is 4. The van der Waals surface area contributed by atoms with E-state index in [1.807, 2.05) is 6.07 Å². The minimum atomic E-state index is -0.400. The van der Waals surface area contributed by atoms with E-state index in [0.717, 1.165) is 18.4 Å². The van der Waals surface area contributed by atoms with E-state index < -0.39 is 6.04 Å². The van der Waals surface area contributed by atoms with Gasteiger partial charge in [0.1, 0.15) is 11.7 Å². The molecular formula is C18H21N3O2. The van der Waals surface area contributed by atoms with Crippen LogP contribution in [0.1, 0.15) is 60.5 Å². The summed E-state index contributed by atoms with van der Waals surface area (Å²) in [4.78, 5) is 16.8. The minimum absolute atomic E-state index is 0.276. The molecule has 3 aliphatic carbocycles. The minimum Gasteiger partial charge on any atom is -0.477 e. The Morgan fingerprint density at radius 3 is 2.70 bits per heavy atom. The second-order valence-electron chi connectivity index (χ2n) is 7.04. The molecule has 1 atom stereocenters. The van der Waals surface area contributed by atoms with E-state index >= 15 is 0 Å². The first-order chi connectivity index (χ1) is 11.2. The molecule has 0 bridgehead atoms. The molecule has 1 aromatic rings. The lowest BCUT2D eigenvalue weighted by Crippen LogP contribution is -2.35. The monoisotopic (exact) mass is 311 g/mol. The molecule has 1 N–H and O–H groups in total. The fourth-order valence-corrected chi connectivity index (χ4v) is 2.78. The van der Waals surface area contributed by atoms with Crippen molar-refractivity contribution in [3.63, 3.8) is 0 Å². The molecule has 5 heteroatoms. The van der Waals surface area contributed by atoms with Gasteiger partial charge in [-0.25, -0.2) is 4.98 Å². The Bertz CT molecular complexity index is 655. The number of ether oxygens (including phenoxy) is 1. The molecule has 23 heavy (non-hydrogen) atoms. The number of pyridine rings is 1. The van der Waals surface area contributed by atoms with Gasteiger partial charge in [0.05, 0.1) is 12.7 Å². The van der Waals surface area contributed by atoms with Crippen LogP contribution in [0.4, 0.5) is 0 Å². The molecule has 3 aliphatic rings. The Morgan fingerprint density at radius 1 is 1.30 bits per heavy atom. The molecule has 1 heterocycles. The number of rotatable bonds is 7. The molecule has 0 aliphatic heterocycles. The molecular weight excluding hydrogens is 290 g/mol. The lowest BCUT2D eigenvalue weighted by atomic mass is 10.1. The van der Waals surface area contributed by atoms with E-state index in [1.165, 1.54) is 25.7 Å². The second-order valence-corrected chi connectivity index (χ2v) is 7.04. The molecule has 4 rings (SSSR count). The average molecular weight is 311 g/mol. The Kier molecular flexibility index (Phi) is 3.68. The molecule has 0 aromatic carbocycles. The maximum Gasteiger partial charge on any atom is 0.271 e. The fourth-order valence-electron chi connectivity index (χ4n) is 2.78. The van der Waals surface area contributed by atoms with E-state index in [1.54, 1.807) is 6.07 Å². The lowest BCUT2D eigenvalue weighted by molar-refractivity contribution is 0.0935. The molecule has 3 fully saturated rings. The first-order valence-electron chi connectivity index (χ1n) is 8.59. The first-order valence-corrected chi connectivity index (χ1v) is 8.59. The van der Waals surface area contributed by atoms with Gasteiger partial charge in [0, 0.05) is 5.56 Å². The third kappa shape index (κ3) is 3.47. The standard InChI is InChI=1S/C18H21N3O2/c19-9-16(13-5-6-13)20-17(22)15-8-7-14(12-3-4-12)18(21-15)23-10-11-1-2-11/h7-8,11-13,16H,1-6,10H2,(H,20,22). The zero-order valence-electron chi connectivity index (χ0n) is 13.1. The van der Waals surface area contributed by atoms with Crippen LogP contribution in [0, 0.1) is 23.2 Å². The van der Waals surface area contributed by atoms with Crippen LogP contribution in [0.15, 0.2) is 12.1 Å². The van der Waals surface area contributed by atoms with Crippen LogP contribution in [0.3, 0.4) is 0 Å². The summed E-state index contributed by atoms with van der Waals surface area (Å²) in [5.74, 6) is 1.83. The fraction of sp³-hybridized carbons (Fsp3) is 0.611. The van der Waals surface area contributed by atoms with Crippen LogP contribution >= 0.6 is 0 Å². The van der Waals surface area contributed by atoms with Crippen molar-refractivity contribution in [1.82, 2.24) is 10.3 Å². The molecule has 120 valence electrons. The van der Waals surface area contributed by atoms with Crippen molar-refractivity contribution in [1.29, 1.82) is 5.26 Å². The van der Waals surface area contributed by atoms with E-state index in [9.17, 15) is 4.79 Å². The molecule has 0 spiro atoms. The highest BCUT2D eigenvalue weighted by Gasteiger charge is 2.33. The van der Waals surface area contributed by atoms with Gasteiger partial charge in [-0.1, -0.05) is 6.07 Å². The van der Waals surface area contributed by atoms with Crippen molar-refractivity contribution in [2.75, 3.05) is 6.61 Å². The highest BCUT2D eigenvalue weighted by Crippen LogP contribution is 2.44. The van der Waals surface area contributed by atoms with Gasteiger partial charge in [-0.15, -0.1) is 0 Å². The molecule has 0 radical (unpaired) electrons. The summed E-state index contributed by atoms with van der Waals surface area (Å²) >= 11 is 0. The summed E-state index contributed by atoms with van der Waals surface area (Å²) in [6.45, 7) is 0.695. The maximum absolute atomic E-state index is 12.4. The third-order valence-corrected chi connectivity index (χ3v) is 4.81. The van der Waals surface area contributed by atoms with Gasteiger partial charge < -0.3 is 10.1 Å². The van der Waals surface area contributed by atoms with Crippen molar-refractivity contribution in [3.8, 4) is 11.9 Å². The highest BCUT2D eigenvalue weighted by molar-refractivity contribution is 5.93. The van der Waals surface area contributed by atoms with Gasteiger partial charge in [0.15, 0.2) is 0 Å². The van der Waals surface area contributed by atoms with Crippen LogP contribution in [-0.4, -0.2) is 23.5 Å². The van der Waals surface area contributed by atoms with Crippen molar-refractivity contribution in [2.45, 2.75) is 50.5 Å². The normalized spacial score (nSPS) is 21.3. The van der Waals surface area contributed by atoms with Gasteiger partial charge in [-0.3, -0.25) is 4.79 Å². The zero-order valence-corrected chi connectivity index (χ0v) is 13.1. The Balaban J connectivity index is 1.49. The maximum atomic E-state index is 12.4. The Hall–Kier alpha value is -2.09. The molecule has 3 saturated carbocycles. The summed E-state index contributed by atoms with van der Waals surface area (Å²) in [6.07, 6.45) is 6.83. The summed E-state index contributed by atoms with van der Waals surface area (Å²) < 4.78 is 5.89. The van der Waals surface area contributed by atoms with Gasteiger partial charge in [-0.2, -0.15) is 5.26 Å². The van der Waals surface area contributed by atoms with E-state index in [0.29, 0.717) is 35.9 Å². The van der Waals surface area contributed by atoms with Gasteiger partial charge >= 0.3 is 0 Å². The van der Waals surface area contributed by atoms with Crippen molar-refractivity contribution in [3.05, 3.63) is 23.4 Å². The van der Waals surface area contributed by atoms with Crippen LogP contribution in [0.25, 0.3) is 0 Å². The first kappa shape index (κ1) is 14.5. The predicted octanol–water partition coefficient (Wildman–Crippen LogP) is 2.78. The average Bonchev–Trinajstić information content (AvgIpc) is 3.40. The summed E-state index contributed by atoms with van der Waals surface area (Å²) in [6, 6.07) is 5.51. The number of amides is 1. The number of aromatic nitrogens is 1. The molecule has 1 amide bonds. The van der Waals surface area contributed by atoms with Crippen LogP contribution < -0.4 is 10.1 Å². The number of nitriles is 1. The largest absolute Gasteiger partial charge is 0.477 e. The van der Waals surface area contributed by atoms with E-state index in [2.05, 4.69) is 16.4 Å². The van der Waals surface area contributed by atoms with Gasteiger partial charge in [0.2, 0.25) is 5.88 Å². The Labute approximate surface area is 136 Å². The summed E-state index contributed by atoms with van der Waals surface area (Å²) in [5.41, 5.74) is 1.47. The highest BCUT2D eigenvalue weighted by atomic mass is 16.5. The molecule has 5 nitrogen and oxygen atoms in total. The van der Waals surface area contributed by atoms with Crippen molar-refractivity contribution in [2.24, 2.45) is 11.8 Å². The van der Waals surface area contributed by atoms with Gasteiger partial charge in [0.25, 0.3) is 5.91 Å². The molecule has 0 saturated heterocycles. The summed E-state index contributed by atoms with van der Waals surface area (Å²) in [5, 5.41) is 11.9. The number of carbonyl (C=O) groups excluding carboxylic acids is 1. The van der Waals surface area contributed by atoms with Crippen molar-refractivity contribution < 1.29 is 9.53 Å². The number of hydrogen-bond donors (Lipinski definition) is 1. The SMILES string of the molecule is N#CC(NC(=O)c1ccc(C2CC2)c(OCC2CC2)n1)C1CC1. The topological polar surface area (TPSA) is 75.0 Å². The number of nitrogens with zero attached hydrogens (tertiary/aromatic N) is 2. The zero-order chi connectivity index (χ0) is 15.8. The predicted molar refractivity (Wildman–Crippen MR) is 84.0 cm³/mol. The third-order valence-electron chi connectivity index (χ3n) is 4.81. The lowest BCUT2D eigenvalue weighted by Gasteiger charge is -2.13. The quantitative estimate of drug-likeness (QED) is 0.840. The molecule has 1 unspecified atom stereocenters. The van der Waals surface area contributed by atoms with Crippen LogP contribution in [0.2, 0.25) is 0 Å². The number of carbonyl (C=O) groups is 1. The van der Waals surface area contributed by atoms with E-state index in [4.69, 9.17) is 10.00 Å². The Morgan fingerprint density at radius 2 is 2.09 bits per heavy atom. The van der Waals surface area contributed by atoms with Gasteiger partial charge in [-0.05, 0) is 62.3 Å². The van der Waals surface area contributed by atoms with Crippen LogP contribution in [-0.2, 0) is 0 Å². The smallest absolute Gasteiger partial charge is 0.271 e. The summed E-state index contributed by atoms with van der Waals surface area (Å²) in [7, 11) is 0. The number of nitrogens with one attached hydrogen (secondary N) is 1. The van der Waals surface area contributed by atoms with E-state index in [-0.39, 0.29) is 5.91 Å².